The van der Waals surface area contributed by atoms with Crippen molar-refractivity contribution >= 4 is 5.97 Å². The highest BCUT2D eigenvalue weighted by molar-refractivity contribution is 5.88. The fourth-order valence-corrected chi connectivity index (χ4v) is 1.19. The van der Waals surface area contributed by atoms with Crippen LogP contribution in [0.1, 0.15) is 26.7 Å². The Morgan fingerprint density at radius 2 is 2.40 bits per heavy atom. The Morgan fingerprint density at radius 3 is 2.70 bits per heavy atom. The zero-order chi connectivity index (χ0) is 7.78. The lowest BCUT2D eigenvalue weighted by Crippen LogP contribution is -2.26. The van der Waals surface area contributed by atoms with E-state index in [4.69, 9.17) is 5.11 Å². The van der Waals surface area contributed by atoms with Crippen LogP contribution in [0.2, 0.25) is 0 Å². The molecule has 1 aliphatic rings. The second-order valence-electron chi connectivity index (χ2n) is 3.16. The van der Waals surface area contributed by atoms with E-state index in [0.29, 0.717) is 5.57 Å². The fourth-order valence-electron chi connectivity index (χ4n) is 1.19. The average Bonchev–Trinajstić information content (AvgIpc) is 1.80. The maximum absolute atomic E-state index is 10.3. The first-order valence-electron chi connectivity index (χ1n) is 3.52. The van der Waals surface area contributed by atoms with Crippen LogP contribution in [0.4, 0.5) is 0 Å². The Morgan fingerprint density at radius 1 is 1.90 bits per heavy atom. The minimum atomic E-state index is -0.758. The quantitative estimate of drug-likeness (QED) is 0.635. The fraction of sp³-hybridized carbons (Fsp3) is 0.625. The largest absolute Gasteiger partial charge is 0.478 e. The summed E-state index contributed by atoms with van der Waals surface area (Å²) >= 11 is 0. The third-order valence-electron chi connectivity index (χ3n) is 2.20. The lowest BCUT2D eigenvalue weighted by molar-refractivity contribution is -0.133. The Bertz CT molecular complexity index is 193. The third kappa shape index (κ3) is 1.06. The monoisotopic (exact) mass is 140 g/mol. The van der Waals surface area contributed by atoms with Crippen LogP contribution in [0.5, 0.6) is 0 Å². The SMILES string of the molecule is CCC1(C)C=C(C(=O)O)C1. The zero-order valence-electron chi connectivity index (χ0n) is 6.35. The van der Waals surface area contributed by atoms with E-state index in [-0.39, 0.29) is 5.41 Å². The Balaban J connectivity index is 2.62. The first kappa shape index (κ1) is 7.32. The molecule has 0 aliphatic heterocycles. The Hall–Kier alpha value is -0.790. The summed E-state index contributed by atoms with van der Waals surface area (Å²) in [5.74, 6) is -0.758. The van der Waals surface area contributed by atoms with E-state index < -0.39 is 5.97 Å². The number of hydrogen-bond acceptors (Lipinski definition) is 1. The van der Waals surface area contributed by atoms with E-state index >= 15 is 0 Å². The van der Waals surface area contributed by atoms with Crippen molar-refractivity contribution in [3.05, 3.63) is 11.6 Å². The van der Waals surface area contributed by atoms with Crippen molar-refractivity contribution in [2.75, 3.05) is 0 Å². The average molecular weight is 140 g/mol. The molecule has 2 heteroatoms. The van der Waals surface area contributed by atoms with Crippen LogP contribution in [-0.2, 0) is 4.79 Å². The van der Waals surface area contributed by atoms with Crippen molar-refractivity contribution in [1.29, 1.82) is 0 Å². The second kappa shape index (κ2) is 2.11. The molecular weight excluding hydrogens is 128 g/mol. The molecule has 2 nitrogen and oxygen atoms in total. The van der Waals surface area contributed by atoms with Crippen molar-refractivity contribution in [1.82, 2.24) is 0 Å². The standard InChI is InChI=1S/C8H12O2/c1-3-8(2)4-6(5-8)7(9)10/h4H,3,5H2,1-2H3,(H,9,10). The number of carboxylic acids is 1. The van der Waals surface area contributed by atoms with Gasteiger partial charge in [0.1, 0.15) is 0 Å². The highest BCUT2D eigenvalue weighted by atomic mass is 16.4. The molecule has 0 spiro atoms. The molecule has 0 bridgehead atoms. The first-order chi connectivity index (χ1) is 4.57. The molecule has 0 saturated carbocycles. The van der Waals surface area contributed by atoms with Crippen molar-refractivity contribution in [2.24, 2.45) is 5.41 Å². The van der Waals surface area contributed by atoms with E-state index in [0.717, 1.165) is 12.8 Å². The van der Waals surface area contributed by atoms with Gasteiger partial charge < -0.3 is 5.11 Å². The summed E-state index contributed by atoms with van der Waals surface area (Å²) in [4.78, 5) is 10.3. The highest BCUT2D eigenvalue weighted by Crippen LogP contribution is 2.41. The smallest absolute Gasteiger partial charge is 0.331 e. The summed E-state index contributed by atoms with van der Waals surface area (Å²) in [6.45, 7) is 4.16. The summed E-state index contributed by atoms with van der Waals surface area (Å²) in [5, 5.41) is 8.49. The zero-order valence-corrected chi connectivity index (χ0v) is 6.35. The van der Waals surface area contributed by atoms with E-state index in [1.165, 1.54) is 0 Å². The molecule has 0 fully saturated rings. The molecule has 0 aromatic rings. The molecule has 1 unspecified atom stereocenters. The Labute approximate surface area is 60.6 Å². The molecule has 0 aromatic heterocycles. The molecule has 0 saturated heterocycles. The summed E-state index contributed by atoms with van der Waals surface area (Å²) in [6, 6.07) is 0. The maximum Gasteiger partial charge on any atom is 0.331 e. The van der Waals surface area contributed by atoms with Gasteiger partial charge >= 0.3 is 5.97 Å². The predicted octanol–water partition coefficient (Wildman–Crippen LogP) is 1.82. The Kier molecular flexibility index (Phi) is 1.55. The molecule has 56 valence electrons. The summed E-state index contributed by atoms with van der Waals surface area (Å²) < 4.78 is 0. The number of carbonyl (C=O) groups is 1. The second-order valence-corrected chi connectivity index (χ2v) is 3.16. The van der Waals surface area contributed by atoms with Gasteiger partial charge in [0.05, 0.1) is 0 Å². The number of aliphatic carboxylic acids is 1. The predicted molar refractivity (Wildman–Crippen MR) is 38.7 cm³/mol. The van der Waals surface area contributed by atoms with E-state index in [2.05, 4.69) is 13.8 Å². The van der Waals surface area contributed by atoms with Crippen LogP contribution in [0.3, 0.4) is 0 Å². The first-order valence-corrected chi connectivity index (χ1v) is 3.52. The molecule has 0 heterocycles. The van der Waals surface area contributed by atoms with Crippen molar-refractivity contribution in [3.63, 3.8) is 0 Å². The number of allylic oxidation sites excluding steroid dienone is 1. The van der Waals surface area contributed by atoms with Crippen molar-refractivity contribution in [2.45, 2.75) is 26.7 Å². The van der Waals surface area contributed by atoms with E-state index in [1.54, 1.807) is 0 Å². The highest BCUT2D eigenvalue weighted by Gasteiger charge is 2.33. The van der Waals surface area contributed by atoms with Gasteiger partial charge in [-0.15, -0.1) is 0 Å². The summed E-state index contributed by atoms with van der Waals surface area (Å²) in [7, 11) is 0. The summed E-state index contributed by atoms with van der Waals surface area (Å²) in [6.07, 6.45) is 3.62. The van der Waals surface area contributed by atoms with Gasteiger partial charge in [0.2, 0.25) is 0 Å². The van der Waals surface area contributed by atoms with E-state index in [1.807, 2.05) is 6.08 Å². The molecule has 1 atom stereocenters. The van der Waals surface area contributed by atoms with Crippen LogP contribution in [-0.4, -0.2) is 11.1 Å². The molecule has 10 heavy (non-hydrogen) atoms. The molecular formula is C8H12O2. The van der Waals surface area contributed by atoms with Gasteiger partial charge in [-0.1, -0.05) is 19.9 Å². The van der Waals surface area contributed by atoms with Gasteiger partial charge in [-0.25, -0.2) is 4.79 Å². The van der Waals surface area contributed by atoms with Gasteiger partial charge in [0, 0.05) is 5.57 Å². The van der Waals surface area contributed by atoms with Gasteiger partial charge in [-0.3, -0.25) is 0 Å². The van der Waals surface area contributed by atoms with Crippen LogP contribution >= 0.6 is 0 Å². The lowest BCUT2D eigenvalue weighted by atomic mass is 9.71. The summed E-state index contributed by atoms with van der Waals surface area (Å²) in [5.41, 5.74) is 0.748. The van der Waals surface area contributed by atoms with Gasteiger partial charge in [-0.05, 0) is 18.3 Å². The van der Waals surface area contributed by atoms with Crippen LogP contribution in [0, 0.1) is 5.41 Å². The number of rotatable bonds is 2. The van der Waals surface area contributed by atoms with E-state index in [9.17, 15) is 4.79 Å². The molecule has 0 amide bonds. The van der Waals surface area contributed by atoms with Crippen molar-refractivity contribution < 1.29 is 9.90 Å². The van der Waals surface area contributed by atoms with Gasteiger partial charge in [0.25, 0.3) is 0 Å². The van der Waals surface area contributed by atoms with Gasteiger partial charge in [-0.2, -0.15) is 0 Å². The molecule has 0 radical (unpaired) electrons. The lowest BCUT2D eigenvalue weighted by Gasteiger charge is -2.33. The molecule has 1 N–H and O–H groups in total. The minimum absolute atomic E-state index is 0.174. The van der Waals surface area contributed by atoms with Crippen LogP contribution < -0.4 is 0 Å². The maximum atomic E-state index is 10.3. The number of hydrogen-bond donors (Lipinski definition) is 1. The van der Waals surface area contributed by atoms with Crippen LogP contribution in [0.25, 0.3) is 0 Å². The van der Waals surface area contributed by atoms with Crippen molar-refractivity contribution in [3.8, 4) is 0 Å². The molecule has 1 rings (SSSR count). The molecule has 0 aromatic carbocycles. The normalized spacial score (nSPS) is 30.8. The third-order valence-corrected chi connectivity index (χ3v) is 2.20. The van der Waals surface area contributed by atoms with Gasteiger partial charge in [0.15, 0.2) is 0 Å². The molecule has 1 aliphatic carbocycles. The van der Waals surface area contributed by atoms with Crippen LogP contribution in [0.15, 0.2) is 11.6 Å². The number of carboxylic acid groups (broad SMARTS) is 1. The topological polar surface area (TPSA) is 37.3 Å². The minimum Gasteiger partial charge on any atom is -0.478 e.